The van der Waals surface area contributed by atoms with Gasteiger partial charge in [0.1, 0.15) is 0 Å². The van der Waals surface area contributed by atoms with Crippen molar-refractivity contribution in [3.8, 4) is 0 Å². The Bertz CT molecular complexity index is 413. The first-order chi connectivity index (χ1) is 6.29. The maximum atomic E-state index is 3.60. The fourth-order valence-electron chi connectivity index (χ4n) is 1.60. The Kier molecular flexibility index (Phi) is 2.36. The third-order valence-electron chi connectivity index (χ3n) is 2.25. The van der Waals surface area contributed by atoms with E-state index in [1.807, 2.05) is 0 Å². The number of fused-ring (bicyclic) bond motifs is 1. The van der Waals surface area contributed by atoms with Gasteiger partial charge in [0.15, 0.2) is 0 Å². The molecule has 0 bridgehead atoms. The molecule has 0 heterocycles. The van der Waals surface area contributed by atoms with Crippen molar-refractivity contribution in [2.24, 2.45) is 0 Å². The van der Waals surface area contributed by atoms with Crippen LogP contribution in [0.15, 0.2) is 42.5 Å². The van der Waals surface area contributed by atoms with Gasteiger partial charge in [0, 0.05) is 4.83 Å². The molecule has 0 unspecified atom stereocenters. The van der Waals surface area contributed by atoms with Gasteiger partial charge < -0.3 is 0 Å². The van der Waals surface area contributed by atoms with Crippen LogP contribution in [-0.4, -0.2) is 0 Å². The van der Waals surface area contributed by atoms with Crippen LogP contribution in [0, 0.1) is 0 Å². The lowest BCUT2D eigenvalue weighted by Gasteiger charge is -2.07. The minimum atomic E-state index is 0.415. The summed E-state index contributed by atoms with van der Waals surface area (Å²) in [6.07, 6.45) is 0. The largest absolute Gasteiger partial charge is 0.0842 e. The lowest BCUT2D eigenvalue weighted by atomic mass is 10.0. The molecule has 0 saturated heterocycles. The summed E-state index contributed by atoms with van der Waals surface area (Å²) in [7, 11) is 0. The lowest BCUT2D eigenvalue weighted by molar-refractivity contribution is 1.14. The molecule has 2 aromatic carbocycles. The molecule has 0 aliphatic carbocycles. The van der Waals surface area contributed by atoms with Crippen molar-refractivity contribution < 1.29 is 0 Å². The highest BCUT2D eigenvalue weighted by Crippen LogP contribution is 2.28. The number of alkyl halides is 1. The Morgan fingerprint density at radius 1 is 1.00 bits per heavy atom. The van der Waals surface area contributed by atoms with E-state index in [-0.39, 0.29) is 0 Å². The molecule has 13 heavy (non-hydrogen) atoms. The van der Waals surface area contributed by atoms with Gasteiger partial charge >= 0.3 is 0 Å². The highest BCUT2D eigenvalue weighted by atomic mass is 79.9. The van der Waals surface area contributed by atoms with Gasteiger partial charge in [-0.05, 0) is 23.3 Å². The lowest BCUT2D eigenvalue weighted by Crippen LogP contribution is -1.85. The summed E-state index contributed by atoms with van der Waals surface area (Å²) in [5, 5.41) is 2.65. The Morgan fingerprint density at radius 3 is 2.46 bits per heavy atom. The van der Waals surface area contributed by atoms with Gasteiger partial charge in [0.05, 0.1) is 0 Å². The zero-order valence-electron chi connectivity index (χ0n) is 7.50. The predicted octanol–water partition coefficient (Wildman–Crippen LogP) is 4.30. The number of hydrogen-bond acceptors (Lipinski definition) is 0. The van der Waals surface area contributed by atoms with Crippen molar-refractivity contribution in [1.29, 1.82) is 0 Å². The summed E-state index contributed by atoms with van der Waals surface area (Å²) in [6.45, 7) is 2.15. The van der Waals surface area contributed by atoms with Gasteiger partial charge in [-0.25, -0.2) is 0 Å². The second-order valence-electron chi connectivity index (χ2n) is 3.18. The minimum Gasteiger partial charge on any atom is -0.0842 e. The fraction of sp³-hybridized carbons (Fsp3) is 0.167. The third kappa shape index (κ3) is 1.61. The topological polar surface area (TPSA) is 0 Å². The Hall–Kier alpha value is -0.820. The Balaban J connectivity index is 2.76. The monoisotopic (exact) mass is 234 g/mol. The summed E-state index contributed by atoms with van der Waals surface area (Å²) in [4.78, 5) is 0.415. The van der Waals surface area contributed by atoms with Gasteiger partial charge in [-0.3, -0.25) is 0 Å². The van der Waals surface area contributed by atoms with E-state index in [0.717, 1.165) is 0 Å². The average Bonchev–Trinajstić information content (AvgIpc) is 2.17. The van der Waals surface area contributed by atoms with E-state index in [1.54, 1.807) is 0 Å². The SMILES string of the molecule is C[C@@H](Br)c1cccc2ccccc12. The van der Waals surface area contributed by atoms with E-state index in [0.29, 0.717) is 4.83 Å². The van der Waals surface area contributed by atoms with Gasteiger partial charge in [-0.1, -0.05) is 58.4 Å². The highest BCUT2D eigenvalue weighted by molar-refractivity contribution is 9.09. The molecule has 0 spiro atoms. The summed E-state index contributed by atoms with van der Waals surface area (Å²) < 4.78 is 0. The van der Waals surface area contributed by atoms with Gasteiger partial charge in [0.25, 0.3) is 0 Å². The summed E-state index contributed by atoms with van der Waals surface area (Å²) >= 11 is 3.60. The van der Waals surface area contributed by atoms with Crippen LogP contribution in [-0.2, 0) is 0 Å². The molecule has 0 fully saturated rings. The van der Waals surface area contributed by atoms with E-state index < -0.39 is 0 Å². The maximum absolute atomic E-state index is 3.60. The first kappa shape index (κ1) is 8.76. The second kappa shape index (κ2) is 3.51. The van der Waals surface area contributed by atoms with Crippen LogP contribution in [0.3, 0.4) is 0 Å². The molecule has 2 rings (SSSR count). The molecule has 1 atom stereocenters. The third-order valence-corrected chi connectivity index (χ3v) is 2.75. The second-order valence-corrected chi connectivity index (χ2v) is 4.56. The zero-order chi connectivity index (χ0) is 9.26. The Labute approximate surface area is 86.7 Å². The van der Waals surface area contributed by atoms with Gasteiger partial charge in [0.2, 0.25) is 0 Å². The normalized spacial score (nSPS) is 13.1. The molecule has 1 heteroatoms. The van der Waals surface area contributed by atoms with Crippen LogP contribution in [0.4, 0.5) is 0 Å². The molecule has 0 nitrogen and oxygen atoms in total. The average molecular weight is 235 g/mol. The van der Waals surface area contributed by atoms with Crippen molar-refractivity contribution >= 4 is 26.7 Å². The number of halogens is 1. The maximum Gasteiger partial charge on any atom is 0.0373 e. The molecule has 2 aromatic rings. The Morgan fingerprint density at radius 2 is 1.69 bits per heavy atom. The molecule has 0 aliphatic rings. The van der Waals surface area contributed by atoms with Crippen molar-refractivity contribution in [2.45, 2.75) is 11.8 Å². The van der Waals surface area contributed by atoms with Crippen LogP contribution in [0.1, 0.15) is 17.3 Å². The number of rotatable bonds is 1. The molecular formula is C12H11Br. The fourth-order valence-corrected chi connectivity index (χ4v) is 2.00. The number of hydrogen-bond donors (Lipinski definition) is 0. The van der Waals surface area contributed by atoms with Crippen LogP contribution in [0.2, 0.25) is 0 Å². The molecule has 0 aromatic heterocycles. The molecule has 0 radical (unpaired) electrons. The number of benzene rings is 2. The summed E-state index contributed by atoms with van der Waals surface area (Å²) in [5.74, 6) is 0. The van der Waals surface area contributed by atoms with Crippen LogP contribution in [0.5, 0.6) is 0 Å². The summed E-state index contributed by atoms with van der Waals surface area (Å²) in [5.41, 5.74) is 1.36. The quantitative estimate of drug-likeness (QED) is 0.646. The van der Waals surface area contributed by atoms with Gasteiger partial charge in [-0.2, -0.15) is 0 Å². The molecule has 0 amide bonds. The van der Waals surface area contributed by atoms with E-state index in [2.05, 4.69) is 65.3 Å². The molecule has 0 saturated carbocycles. The van der Waals surface area contributed by atoms with E-state index >= 15 is 0 Å². The first-order valence-electron chi connectivity index (χ1n) is 4.41. The predicted molar refractivity (Wildman–Crippen MR) is 61.3 cm³/mol. The van der Waals surface area contributed by atoms with Crippen molar-refractivity contribution in [1.82, 2.24) is 0 Å². The highest BCUT2D eigenvalue weighted by Gasteiger charge is 2.04. The zero-order valence-corrected chi connectivity index (χ0v) is 9.08. The van der Waals surface area contributed by atoms with Crippen LogP contribution in [0.25, 0.3) is 10.8 Å². The standard InChI is InChI=1S/C12H11Br/c1-9(13)11-8-4-6-10-5-2-3-7-12(10)11/h2-9H,1H3/t9-/m1/s1. The molecular weight excluding hydrogens is 224 g/mol. The van der Waals surface area contributed by atoms with E-state index in [4.69, 9.17) is 0 Å². The van der Waals surface area contributed by atoms with E-state index in [1.165, 1.54) is 16.3 Å². The van der Waals surface area contributed by atoms with Crippen LogP contribution < -0.4 is 0 Å². The smallest absolute Gasteiger partial charge is 0.0373 e. The van der Waals surface area contributed by atoms with Crippen molar-refractivity contribution in [2.75, 3.05) is 0 Å². The molecule has 0 N–H and O–H groups in total. The van der Waals surface area contributed by atoms with Gasteiger partial charge in [-0.15, -0.1) is 0 Å². The molecule has 0 aliphatic heterocycles. The van der Waals surface area contributed by atoms with Crippen molar-refractivity contribution in [3.63, 3.8) is 0 Å². The van der Waals surface area contributed by atoms with E-state index in [9.17, 15) is 0 Å². The van der Waals surface area contributed by atoms with Crippen LogP contribution >= 0.6 is 15.9 Å². The minimum absolute atomic E-state index is 0.415. The summed E-state index contributed by atoms with van der Waals surface area (Å²) in [6, 6.07) is 14.9. The molecule has 66 valence electrons. The first-order valence-corrected chi connectivity index (χ1v) is 5.32. The van der Waals surface area contributed by atoms with Crippen molar-refractivity contribution in [3.05, 3.63) is 48.0 Å².